The zero-order chi connectivity index (χ0) is 16.9. The van der Waals surface area contributed by atoms with Crippen LogP contribution in [0.4, 0.5) is 0 Å². The summed E-state index contributed by atoms with van der Waals surface area (Å²) in [6.45, 7) is 0.486. The van der Waals surface area contributed by atoms with Crippen LogP contribution in [0.1, 0.15) is 47.5 Å². The molecule has 4 nitrogen and oxygen atoms in total. The number of hydrogen-bond acceptors (Lipinski definition) is 4. The Balaban J connectivity index is 1.77. The van der Waals surface area contributed by atoms with Crippen molar-refractivity contribution in [2.24, 2.45) is 5.92 Å². The number of aromatic hydroxyl groups is 1. The molecule has 0 bridgehead atoms. The summed E-state index contributed by atoms with van der Waals surface area (Å²) in [5.41, 5.74) is 1.27. The topological polar surface area (TPSA) is 59.4 Å². The molecular weight excluding hydrogens is 326 g/mol. The van der Waals surface area contributed by atoms with Crippen LogP contribution in [0.3, 0.4) is 0 Å². The second kappa shape index (κ2) is 7.67. The minimum atomic E-state index is -0.0574. The average molecular weight is 346 g/mol. The van der Waals surface area contributed by atoms with Gasteiger partial charge in [0.25, 0.3) is 0 Å². The standard InChI is InChI=1S/C19H20ClNO3/c20-19-15(7-4-10-21-19)14-6-2-1-5-13(14)12-24-18-9-3-8-17(23)16(18)11-22/h3-4,7-11,13-14,23H,1-2,5-6,12H2. The molecule has 1 aromatic carbocycles. The molecule has 1 aliphatic carbocycles. The summed E-state index contributed by atoms with van der Waals surface area (Å²) in [5.74, 6) is 0.976. The van der Waals surface area contributed by atoms with Gasteiger partial charge in [0.15, 0.2) is 6.29 Å². The minimum Gasteiger partial charge on any atom is -0.507 e. The number of hydrogen-bond donors (Lipinski definition) is 1. The molecule has 0 amide bonds. The summed E-state index contributed by atoms with van der Waals surface area (Å²) < 4.78 is 5.89. The summed E-state index contributed by atoms with van der Waals surface area (Å²) in [6, 6.07) is 8.80. The second-order valence-electron chi connectivity index (χ2n) is 6.15. The number of halogens is 1. The van der Waals surface area contributed by atoms with Gasteiger partial charge < -0.3 is 9.84 Å². The number of nitrogens with zero attached hydrogens (tertiary/aromatic N) is 1. The molecule has 1 fully saturated rings. The van der Waals surface area contributed by atoms with E-state index in [1.54, 1.807) is 18.3 Å². The number of phenolic OH excluding ortho intramolecular Hbond substituents is 1. The first kappa shape index (κ1) is 16.8. The summed E-state index contributed by atoms with van der Waals surface area (Å²) in [6.07, 6.45) is 6.75. The number of carbonyl (C=O) groups is 1. The van der Waals surface area contributed by atoms with Crippen molar-refractivity contribution >= 4 is 17.9 Å². The van der Waals surface area contributed by atoms with Gasteiger partial charge in [-0.3, -0.25) is 4.79 Å². The summed E-state index contributed by atoms with van der Waals surface area (Å²) >= 11 is 6.28. The number of aromatic nitrogens is 1. The second-order valence-corrected chi connectivity index (χ2v) is 6.51. The lowest BCUT2D eigenvalue weighted by atomic mass is 9.76. The Labute approximate surface area is 146 Å². The van der Waals surface area contributed by atoms with Crippen LogP contribution in [0.15, 0.2) is 36.5 Å². The molecule has 24 heavy (non-hydrogen) atoms. The molecule has 0 saturated heterocycles. The van der Waals surface area contributed by atoms with Gasteiger partial charge in [-0.15, -0.1) is 0 Å². The fourth-order valence-electron chi connectivity index (χ4n) is 3.47. The highest BCUT2D eigenvalue weighted by molar-refractivity contribution is 6.30. The summed E-state index contributed by atoms with van der Waals surface area (Å²) in [4.78, 5) is 15.4. The number of benzene rings is 1. The fraction of sp³-hybridized carbons (Fsp3) is 0.368. The monoisotopic (exact) mass is 345 g/mol. The highest BCUT2D eigenvalue weighted by Gasteiger charge is 2.29. The van der Waals surface area contributed by atoms with E-state index in [9.17, 15) is 9.90 Å². The molecule has 1 aromatic heterocycles. The fourth-order valence-corrected chi connectivity index (χ4v) is 3.72. The van der Waals surface area contributed by atoms with Gasteiger partial charge in [-0.25, -0.2) is 4.98 Å². The van der Waals surface area contributed by atoms with Crippen molar-refractivity contribution < 1.29 is 14.6 Å². The molecule has 2 atom stereocenters. The molecule has 0 aliphatic heterocycles. The molecule has 0 spiro atoms. The van der Waals surface area contributed by atoms with Gasteiger partial charge in [0.05, 0.1) is 12.2 Å². The molecule has 5 heteroatoms. The number of rotatable bonds is 5. The van der Waals surface area contributed by atoms with E-state index >= 15 is 0 Å². The molecule has 126 valence electrons. The van der Waals surface area contributed by atoms with Crippen LogP contribution in [0.25, 0.3) is 0 Å². The zero-order valence-electron chi connectivity index (χ0n) is 13.3. The third-order valence-corrected chi connectivity index (χ3v) is 5.03. The molecule has 3 rings (SSSR count). The molecule has 1 N–H and O–H groups in total. The van der Waals surface area contributed by atoms with Crippen LogP contribution in [0, 0.1) is 5.92 Å². The van der Waals surface area contributed by atoms with Crippen LogP contribution < -0.4 is 4.74 Å². The van der Waals surface area contributed by atoms with E-state index in [0.717, 1.165) is 31.2 Å². The van der Waals surface area contributed by atoms with Crippen LogP contribution in [-0.2, 0) is 0 Å². The highest BCUT2D eigenvalue weighted by atomic mass is 35.5. The number of ether oxygens (including phenoxy) is 1. The molecule has 2 unspecified atom stereocenters. The number of pyridine rings is 1. The van der Waals surface area contributed by atoms with Crippen molar-refractivity contribution in [3.8, 4) is 11.5 Å². The summed E-state index contributed by atoms with van der Waals surface area (Å²) in [7, 11) is 0. The molecule has 1 aliphatic rings. The normalized spacial score (nSPS) is 20.5. The van der Waals surface area contributed by atoms with Crippen molar-refractivity contribution in [3.63, 3.8) is 0 Å². The zero-order valence-corrected chi connectivity index (χ0v) is 14.1. The van der Waals surface area contributed by atoms with Gasteiger partial charge in [-0.05, 0) is 48.4 Å². The van der Waals surface area contributed by atoms with Crippen molar-refractivity contribution in [1.29, 1.82) is 0 Å². The largest absolute Gasteiger partial charge is 0.507 e. The van der Waals surface area contributed by atoms with E-state index < -0.39 is 0 Å². The van der Waals surface area contributed by atoms with Gasteiger partial charge in [0.1, 0.15) is 16.7 Å². The van der Waals surface area contributed by atoms with Crippen LogP contribution in [0.5, 0.6) is 11.5 Å². The predicted octanol–water partition coefficient (Wildman–Crippen LogP) is 4.61. The minimum absolute atomic E-state index is 0.0574. The van der Waals surface area contributed by atoms with Crippen molar-refractivity contribution in [3.05, 3.63) is 52.8 Å². The first-order valence-corrected chi connectivity index (χ1v) is 8.59. The SMILES string of the molecule is O=Cc1c(O)cccc1OCC1CCCCC1c1cccnc1Cl. The molecular formula is C19H20ClNO3. The number of aldehydes is 1. The lowest BCUT2D eigenvalue weighted by Gasteiger charge is -2.32. The van der Waals surface area contributed by atoms with Crippen LogP contribution in [-0.4, -0.2) is 23.0 Å². The first-order valence-electron chi connectivity index (χ1n) is 8.21. The Morgan fingerprint density at radius 3 is 2.88 bits per heavy atom. The molecule has 2 aromatic rings. The van der Waals surface area contributed by atoms with Gasteiger partial charge in [0, 0.05) is 6.20 Å². The highest BCUT2D eigenvalue weighted by Crippen LogP contribution is 2.40. The average Bonchev–Trinajstić information content (AvgIpc) is 2.61. The lowest BCUT2D eigenvalue weighted by molar-refractivity contribution is 0.111. The smallest absolute Gasteiger partial charge is 0.157 e. The third kappa shape index (κ3) is 3.54. The lowest BCUT2D eigenvalue weighted by Crippen LogP contribution is -2.24. The Hall–Kier alpha value is -2.07. The maximum Gasteiger partial charge on any atom is 0.157 e. The summed E-state index contributed by atoms with van der Waals surface area (Å²) in [5, 5.41) is 10.3. The first-order chi connectivity index (χ1) is 11.7. The van der Waals surface area contributed by atoms with E-state index in [0.29, 0.717) is 35.6 Å². The Morgan fingerprint density at radius 2 is 2.08 bits per heavy atom. The third-order valence-electron chi connectivity index (χ3n) is 4.71. The van der Waals surface area contributed by atoms with Crippen LogP contribution >= 0.6 is 11.6 Å². The van der Waals surface area contributed by atoms with E-state index in [1.807, 2.05) is 12.1 Å². The van der Waals surface area contributed by atoms with Gasteiger partial charge in [0.2, 0.25) is 0 Å². The van der Waals surface area contributed by atoms with E-state index in [4.69, 9.17) is 16.3 Å². The van der Waals surface area contributed by atoms with E-state index in [1.165, 1.54) is 6.07 Å². The maximum atomic E-state index is 11.2. The maximum absolute atomic E-state index is 11.2. The van der Waals surface area contributed by atoms with E-state index in [2.05, 4.69) is 4.98 Å². The number of phenols is 1. The molecule has 1 heterocycles. The Bertz CT molecular complexity index is 720. The van der Waals surface area contributed by atoms with Crippen LogP contribution in [0.2, 0.25) is 5.15 Å². The van der Waals surface area contributed by atoms with Crippen molar-refractivity contribution in [2.75, 3.05) is 6.61 Å². The molecule has 0 radical (unpaired) electrons. The Kier molecular flexibility index (Phi) is 5.36. The molecule has 1 saturated carbocycles. The van der Waals surface area contributed by atoms with Gasteiger partial charge in [-0.2, -0.15) is 0 Å². The van der Waals surface area contributed by atoms with E-state index in [-0.39, 0.29) is 11.3 Å². The predicted molar refractivity (Wildman–Crippen MR) is 92.9 cm³/mol. The van der Waals surface area contributed by atoms with Gasteiger partial charge in [-0.1, -0.05) is 36.6 Å². The van der Waals surface area contributed by atoms with Gasteiger partial charge >= 0.3 is 0 Å². The Morgan fingerprint density at radius 1 is 1.25 bits per heavy atom. The van der Waals surface area contributed by atoms with Crippen molar-refractivity contribution in [2.45, 2.75) is 31.6 Å². The number of carbonyl (C=O) groups excluding carboxylic acids is 1. The quantitative estimate of drug-likeness (QED) is 0.635. The van der Waals surface area contributed by atoms with Crippen molar-refractivity contribution in [1.82, 2.24) is 4.98 Å².